The summed E-state index contributed by atoms with van der Waals surface area (Å²) in [7, 11) is 1.16. The number of hydrogen-bond acceptors (Lipinski definition) is 5. The minimum Gasteiger partial charge on any atom is -0.479 e. The second kappa shape index (κ2) is 4.14. The third kappa shape index (κ3) is 2.66. The average molecular weight is 233 g/mol. The highest BCUT2D eigenvalue weighted by atomic mass is 19.4. The summed E-state index contributed by atoms with van der Waals surface area (Å²) in [5.41, 5.74) is 4.60. The number of rotatable bonds is 2. The minimum atomic E-state index is -4.90. The molecule has 0 saturated heterocycles. The zero-order chi connectivity index (χ0) is 12.3. The number of nitrogens with zero attached hydrogens (tertiary/aromatic N) is 2. The van der Waals surface area contributed by atoms with Crippen LogP contribution in [-0.4, -0.2) is 18.5 Å². The quantitative estimate of drug-likeness (QED) is 0.835. The maximum Gasteiger partial charge on any atom is 0.573 e. The Morgan fingerprint density at radius 3 is 2.56 bits per heavy atom. The number of hydrogen-bond donors (Lipinski definition) is 1. The van der Waals surface area contributed by atoms with Crippen LogP contribution in [0.2, 0.25) is 0 Å². The molecule has 8 heteroatoms. The van der Waals surface area contributed by atoms with Crippen molar-refractivity contribution in [2.75, 3.05) is 12.8 Å². The van der Waals surface area contributed by atoms with E-state index < -0.39 is 17.8 Å². The molecule has 0 spiro atoms. The first-order valence-corrected chi connectivity index (χ1v) is 3.87. The van der Waals surface area contributed by atoms with E-state index in [0.29, 0.717) is 0 Å². The molecule has 1 heterocycles. The lowest BCUT2D eigenvalue weighted by Crippen LogP contribution is -2.18. The topological polar surface area (TPSA) is 81.2 Å². The van der Waals surface area contributed by atoms with Gasteiger partial charge in [-0.25, -0.2) is 4.98 Å². The van der Waals surface area contributed by atoms with Crippen LogP contribution in [0.5, 0.6) is 11.6 Å². The Labute approximate surface area is 88.2 Å². The van der Waals surface area contributed by atoms with Gasteiger partial charge in [-0.3, -0.25) is 0 Å². The van der Waals surface area contributed by atoms with Crippen LogP contribution < -0.4 is 15.2 Å². The van der Waals surface area contributed by atoms with E-state index in [-0.39, 0.29) is 11.6 Å². The van der Waals surface area contributed by atoms with Crippen molar-refractivity contribution >= 4 is 5.69 Å². The zero-order valence-electron chi connectivity index (χ0n) is 8.00. The summed E-state index contributed by atoms with van der Waals surface area (Å²) in [6.07, 6.45) is -4.90. The molecule has 0 aliphatic carbocycles. The van der Waals surface area contributed by atoms with Crippen molar-refractivity contribution in [1.29, 1.82) is 5.26 Å². The number of pyridine rings is 1. The van der Waals surface area contributed by atoms with E-state index in [1.54, 1.807) is 6.07 Å². The molecule has 0 atom stereocenters. The molecule has 0 radical (unpaired) electrons. The van der Waals surface area contributed by atoms with Gasteiger partial charge in [0.05, 0.1) is 7.11 Å². The van der Waals surface area contributed by atoms with Gasteiger partial charge in [-0.1, -0.05) is 0 Å². The molecule has 0 bridgehead atoms. The molecular weight excluding hydrogens is 227 g/mol. The number of nitrogens with two attached hydrogens (primary N) is 1. The molecule has 1 aromatic rings. The van der Waals surface area contributed by atoms with Gasteiger partial charge in [-0.05, 0) is 0 Å². The Bertz CT molecular complexity index is 439. The monoisotopic (exact) mass is 233 g/mol. The number of anilines is 1. The molecule has 0 fully saturated rings. The number of ether oxygens (including phenoxy) is 2. The second-order valence-electron chi connectivity index (χ2n) is 2.59. The summed E-state index contributed by atoms with van der Waals surface area (Å²) in [6.45, 7) is 0. The molecule has 1 rings (SSSR count). The molecule has 0 aliphatic heterocycles. The number of nitriles is 1. The predicted molar refractivity (Wildman–Crippen MR) is 46.6 cm³/mol. The van der Waals surface area contributed by atoms with Crippen molar-refractivity contribution < 1.29 is 22.6 Å². The van der Waals surface area contributed by atoms with Crippen LogP contribution in [0.1, 0.15) is 5.69 Å². The van der Waals surface area contributed by atoms with Gasteiger partial charge in [0.15, 0.2) is 5.75 Å². The van der Waals surface area contributed by atoms with Crippen molar-refractivity contribution in [3.63, 3.8) is 0 Å². The van der Waals surface area contributed by atoms with E-state index in [9.17, 15) is 13.2 Å². The third-order valence-electron chi connectivity index (χ3n) is 1.52. The number of alkyl halides is 3. The first kappa shape index (κ1) is 11.9. The van der Waals surface area contributed by atoms with E-state index in [1.807, 2.05) is 0 Å². The average Bonchev–Trinajstić information content (AvgIpc) is 2.19. The van der Waals surface area contributed by atoms with Crippen LogP contribution in [0.15, 0.2) is 6.07 Å². The smallest absolute Gasteiger partial charge is 0.479 e. The molecule has 0 saturated carbocycles. The molecule has 86 valence electrons. The summed E-state index contributed by atoms with van der Waals surface area (Å²) in [6, 6.07) is 2.34. The zero-order valence-corrected chi connectivity index (χ0v) is 8.00. The molecule has 0 amide bonds. The fourth-order valence-electron chi connectivity index (χ4n) is 0.931. The maximum atomic E-state index is 12.0. The van der Waals surface area contributed by atoms with Crippen LogP contribution in [0, 0.1) is 11.3 Å². The minimum absolute atomic E-state index is 0.287. The second-order valence-corrected chi connectivity index (χ2v) is 2.59. The Morgan fingerprint density at radius 2 is 2.12 bits per heavy atom. The highest BCUT2D eigenvalue weighted by Gasteiger charge is 2.33. The van der Waals surface area contributed by atoms with E-state index >= 15 is 0 Å². The molecular formula is C8H6F3N3O2. The number of halogens is 3. The van der Waals surface area contributed by atoms with Crippen LogP contribution in [0.25, 0.3) is 0 Å². The van der Waals surface area contributed by atoms with Crippen LogP contribution in [0.4, 0.5) is 18.9 Å². The molecule has 1 aromatic heterocycles. The van der Waals surface area contributed by atoms with Gasteiger partial charge in [-0.2, -0.15) is 5.26 Å². The number of aromatic nitrogens is 1. The van der Waals surface area contributed by atoms with Gasteiger partial charge in [0.1, 0.15) is 17.5 Å². The highest BCUT2D eigenvalue weighted by molar-refractivity contribution is 5.61. The van der Waals surface area contributed by atoms with E-state index in [4.69, 9.17) is 11.0 Å². The number of nitrogen functional groups attached to an aromatic ring is 1. The molecule has 5 nitrogen and oxygen atoms in total. The van der Waals surface area contributed by atoms with Gasteiger partial charge >= 0.3 is 6.36 Å². The third-order valence-corrected chi connectivity index (χ3v) is 1.52. The summed E-state index contributed by atoms with van der Waals surface area (Å²) < 4.78 is 44.1. The fourth-order valence-corrected chi connectivity index (χ4v) is 0.931. The molecule has 16 heavy (non-hydrogen) atoms. The Kier molecular flexibility index (Phi) is 3.08. The first-order valence-electron chi connectivity index (χ1n) is 3.87. The lowest BCUT2D eigenvalue weighted by Gasteiger charge is -2.12. The SMILES string of the molecule is COc1nc(C#N)cc(OC(F)(F)F)c1N. The summed E-state index contributed by atoms with van der Waals surface area (Å²) in [5, 5.41) is 8.53. The van der Waals surface area contributed by atoms with Crippen LogP contribution in [0.3, 0.4) is 0 Å². The van der Waals surface area contributed by atoms with Crippen molar-refractivity contribution in [3.8, 4) is 17.7 Å². The van der Waals surface area contributed by atoms with Crippen molar-refractivity contribution in [2.45, 2.75) is 6.36 Å². The Balaban J connectivity index is 3.23. The van der Waals surface area contributed by atoms with E-state index in [1.165, 1.54) is 0 Å². The van der Waals surface area contributed by atoms with Crippen molar-refractivity contribution in [2.24, 2.45) is 0 Å². The highest BCUT2D eigenvalue weighted by Crippen LogP contribution is 2.34. The maximum absolute atomic E-state index is 12.0. The Morgan fingerprint density at radius 1 is 1.50 bits per heavy atom. The number of methoxy groups -OCH3 is 1. The standard InChI is InChI=1S/C8H6F3N3O2/c1-15-7-6(13)5(16-8(9,10)11)2-4(3-12)14-7/h2H,13H2,1H3. The van der Waals surface area contributed by atoms with E-state index in [0.717, 1.165) is 13.2 Å². The molecule has 2 N–H and O–H groups in total. The lowest BCUT2D eigenvalue weighted by atomic mass is 10.3. The lowest BCUT2D eigenvalue weighted by molar-refractivity contribution is -0.274. The van der Waals surface area contributed by atoms with Gasteiger partial charge in [0.2, 0.25) is 5.88 Å². The summed E-state index contributed by atoms with van der Waals surface area (Å²) in [4.78, 5) is 3.54. The predicted octanol–water partition coefficient (Wildman–Crippen LogP) is 1.44. The van der Waals surface area contributed by atoms with Crippen LogP contribution >= 0.6 is 0 Å². The Hall–Kier alpha value is -2.17. The normalized spacial score (nSPS) is 10.7. The largest absolute Gasteiger partial charge is 0.573 e. The van der Waals surface area contributed by atoms with Crippen molar-refractivity contribution in [1.82, 2.24) is 4.98 Å². The van der Waals surface area contributed by atoms with Gasteiger partial charge in [0.25, 0.3) is 0 Å². The van der Waals surface area contributed by atoms with Gasteiger partial charge < -0.3 is 15.2 Å². The summed E-state index contributed by atoms with van der Waals surface area (Å²) in [5.74, 6) is -1.01. The van der Waals surface area contributed by atoms with E-state index in [2.05, 4.69) is 14.5 Å². The molecule has 0 aliphatic rings. The van der Waals surface area contributed by atoms with Gasteiger partial charge in [0, 0.05) is 6.07 Å². The van der Waals surface area contributed by atoms with Gasteiger partial charge in [-0.15, -0.1) is 13.2 Å². The molecule has 0 unspecified atom stereocenters. The van der Waals surface area contributed by atoms with Crippen LogP contribution in [-0.2, 0) is 0 Å². The first-order chi connectivity index (χ1) is 7.37. The summed E-state index contributed by atoms with van der Waals surface area (Å²) >= 11 is 0. The molecule has 0 aromatic carbocycles. The fraction of sp³-hybridized carbons (Fsp3) is 0.250. The van der Waals surface area contributed by atoms with Crippen molar-refractivity contribution in [3.05, 3.63) is 11.8 Å².